The molecule has 0 radical (unpaired) electrons. The smallest absolute Gasteiger partial charge is 0.0546 e. The van der Waals surface area contributed by atoms with E-state index < -0.39 is 0 Å². The van der Waals surface area contributed by atoms with E-state index in [1.807, 2.05) is 0 Å². The second-order valence-corrected chi connectivity index (χ2v) is 13.0. The van der Waals surface area contributed by atoms with Gasteiger partial charge in [-0.3, -0.25) is 0 Å². The molecule has 246 valence electrons. The summed E-state index contributed by atoms with van der Waals surface area (Å²) in [7, 11) is 0. The molecule has 2 heteroatoms. The average molecular weight is 665 g/mol. The van der Waals surface area contributed by atoms with Crippen LogP contribution in [0.2, 0.25) is 0 Å². The lowest BCUT2D eigenvalue weighted by Gasteiger charge is -2.28. The number of anilines is 6. The Morgan fingerprint density at radius 2 is 0.635 bits per heavy atom. The van der Waals surface area contributed by atoms with Crippen LogP contribution in [0.1, 0.15) is 0 Å². The van der Waals surface area contributed by atoms with Crippen LogP contribution in [0, 0.1) is 0 Å². The number of hydrogen-bond acceptors (Lipinski definition) is 2. The van der Waals surface area contributed by atoms with Crippen LogP contribution >= 0.6 is 0 Å². The van der Waals surface area contributed by atoms with Crippen LogP contribution in [0.5, 0.6) is 0 Å². The highest BCUT2D eigenvalue weighted by atomic mass is 15.1. The zero-order valence-electron chi connectivity index (χ0n) is 28.7. The zero-order valence-corrected chi connectivity index (χ0v) is 28.7. The molecular formula is C50H36N2. The van der Waals surface area contributed by atoms with E-state index in [-0.39, 0.29) is 0 Å². The van der Waals surface area contributed by atoms with Gasteiger partial charge in [-0.15, -0.1) is 0 Å². The maximum atomic E-state index is 2.36. The van der Waals surface area contributed by atoms with Crippen molar-refractivity contribution in [2.24, 2.45) is 0 Å². The summed E-state index contributed by atoms with van der Waals surface area (Å²) >= 11 is 0. The molecule has 0 heterocycles. The van der Waals surface area contributed by atoms with Gasteiger partial charge >= 0.3 is 0 Å². The number of benzene rings is 9. The summed E-state index contributed by atoms with van der Waals surface area (Å²) in [6, 6.07) is 78.3. The first-order chi connectivity index (χ1) is 25.8. The van der Waals surface area contributed by atoms with Crippen LogP contribution in [0.25, 0.3) is 43.8 Å². The highest BCUT2D eigenvalue weighted by molar-refractivity contribution is 6.02. The van der Waals surface area contributed by atoms with Crippen molar-refractivity contribution in [2.75, 3.05) is 9.80 Å². The standard InChI is InChI=1S/C50H36N2/c1-4-17-44(18-5-1)51(47-30-26-38(27-31-47)41-25-24-37-14-10-11-15-40(37)34-41)48-32-28-39(29-33-48)43-35-42-16-12-13-23-49(42)50(36-43)52(45-19-6-2-7-20-45)46-21-8-3-9-22-46/h1-36H. The van der Waals surface area contributed by atoms with Gasteiger partial charge in [0.05, 0.1) is 5.69 Å². The molecule has 0 unspecified atom stereocenters. The van der Waals surface area contributed by atoms with E-state index >= 15 is 0 Å². The van der Waals surface area contributed by atoms with Gasteiger partial charge in [0.1, 0.15) is 0 Å². The van der Waals surface area contributed by atoms with E-state index in [9.17, 15) is 0 Å². The lowest BCUT2D eigenvalue weighted by atomic mass is 9.98. The summed E-state index contributed by atoms with van der Waals surface area (Å²) in [5.41, 5.74) is 11.5. The Morgan fingerprint density at radius 3 is 1.21 bits per heavy atom. The lowest BCUT2D eigenvalue weighted by molar-refractivity contribution is 1.28. The molecule has 0 amide bonds. The normalized spacial score (nSPS) is 11.1. The van der Waals surface area contributed by atoms with E-state index in [2.05, 4.69) is 228 Å². The Bertz CT molecular complexity index is 2560. The highest BCUT2D eigenvalue weighted by Crippen LogP contribution is 2.42. The van der Waals surface area contributed by atoms with Crippen molar-refractivity contribution < 1.29 is 0 Å². The molecule has 0 aliphatic carbocycles. The largest absolute Gasteiger partial charge is 0.311 e. The van der Waals surface area contributed by atoms with E-state index in [0.29, 0.717) is 0 Å². The Balaban J connectivity index is 1.10. The van der Waals surface area contributed by atoms with Gasteiger partial charge in [-0.25, -0.2) is 0 Å². The number of hydrogen-bond donors (Lipinski definition) is 0. The maximum absolute atomic E-state index is 2.36. The third-order valence-corrected chi connectivity index (χ3v) is 9.79. The molecule has 0 atom stereocenters. The molecule has 0 N–H and O–H groups in total. The number of nitrogens with zero attached hydrogens (tertiary/aromatic N) is 2. The van der Waals surface area contributed by atoms with Crippen molar-refractivity contribution in [3.8, 4) is 22.3 Å². The van der Waals surface area contributed by atoms with Crippen LogP contribution in [-0.2, 0) is 0 Å². The zero-order chi connectivity index (χ0) is 34.7. The Kier molecular flexibility index (Phi) is 8.24. The van der Waals surface area contributed by atoms with Gasteiger partial charge in [0, 0.05) is 33.8 Å². The van der Waals surface area contributed by atoms with E-state index in [4.69, 9.17) is 0 Å². The van der Waals surface area contributed by atoms with Gasteiger partial charge in [-0.05, 0) is 117 Å². The topological polar surface area (TPSA) is 6.48 Å². The van der Waals surface area contributed by atoms with Crippen molar-refractivity contribution in [3.05, 3.63) is 218 Å². The van der Waals surface area contributed by atoms with E-state index in [1.54, 1.807) is 0 Å². The van der Waals surface area contributed by atoms with Crippen molar-refractivity contribution in [1.82, 2.24) is 0 Å². The Labute approximate surface area is 305 Å². The Hall–Kier alpha value is -6.90. The van der Waals surface area contributed by atoms with Crippen LogP contribution in [0.15, 0.2) is 218 Å². The maximum Gasteiger partial charge on any atom is 0.0546 e. The lowest BCUT2D eigenvalue weighted by Crippen LogP contribution is -2.10. The number of para-hydroxylation sites is 3. The molecule has 0 saturated heterocycles. The average Bonchev–Trinajstić information content (AvgIpc) is 3.22. The van der Waals surface area contributed by atoms with Crippen LogP contribution < -0.4 is 9.80 Å². The van der Waals surface area contributed by atoms with Crippen molar-refractivity contribution >= 4 is 55.7 Å². The van der Waals surface area contributed by atoms with Crippen molar-refractivity contribution in [1.29, 1.82) is 0 Å². The first-order valence-electron chi connectivity index (χ1n) is 17.8. The predicted molar refractivity (Wildman–Crippen MR) is 222 cm³/mol. The molecule has 0 spiro atoms. The fraction of sp³-hybridized carbons (Fsp3) is 0. The monoisotopic (exact) mass is 664 g/mol. The van der Waals surface area contributed by atoms with Gasteiger partial charge in [-0.1, -0.05) is 140 Å². The van der Waals surface area contributed by atoms with Gasteiger partial charge in [0.25, 0.3) is 0 Å². The minimum absolute atomic E-state index is 1.10. The van der Waals surface area contributed by atoms with Crippen molar-refractivity contribution in [2.45, 2.75) is 0 Å². The third kappa shape index (κ3) is 6.08. The Morgan fingerprint density at radius 1 is 0.231 bits per heavy atom. The summed E-state index contributed by atoms with van der Waals surface area (Å²) in [4.78, 5) is 4.69. The molecular weight excluding hydrogens is 629 g/mol. The van der Waals surface area contributed by atoms with Gasteiger partial charge in [0.2, 0.25) is 0 Å². The van der Waals surface area contributed by atoms with E-state index in [1.165, 1.54) is 38.2 Å². The molecule has 0 aliphatic heterocycles. The number of fused-ring (bicyclic) bond motifs is 2. The summed E-state index contributed by atoms with van der Waals surface area (Å²) in [5, 5.41) is 4.92. The molecule has 9 aromatic rings. The molecule has 0 bridgehead atoms. The first-order valence-corrected chi connectivity index (χ1v) is 17.8. The summed E-state index contributed by atoms with van der Waals surface area (Å²) in [6.45, 7) is 0. The van der Waals surface area contributed by atoms with Gasteiger partial charge < -0.3 is 9.80 Å². The molecule has 0 aromatic heterocycles. The van der Waals surface area contributed by atoms with E-state index in [0.717, 1.165) is 39.7 Å². The summed E-state index contributed by atoms with van der Waals surface area (Å²) < 4.78 is 0. The highest BCUT2D eigenvalue weighted by Gasteiger charge is 2.18. The fourth-order valence-electron chi connectivity index (χ4n) is 7.22. The minimum Gasteiger partial charge on any atom is -0.311 e. The molecule has 52 heavy (non-hydrogen) atoms. The molecule has 0 aliphatic rings. The third-order valence-electron chi connectivity index (χ3n) is 9.79. The quantitative estimate of drug-likeness (QED) is 0.159. The van der Waals surface area contributed by atoms with Gasteiger partial charge in [0.15, 0.2) is 0 Å². The molecule has 9 aromatic carbocycles. The van der Waals surface area contributed by atoms with Gasteiger partial charge in [-0.2, -0.15) is 0 Å². The fourth-order valence-corrected chi connectivity index (χ4v) is 7.22. The predicted octanol–water partition coefficient (Wildman–Crippen LogP) is 14.3. The minimum atomic E-state index is 1.10. The summed E-state index contributed by atoms with van der Waals surface area (Å²) in [6.07, 6.45) is 0. The molecule has 2 nitrogen and oxygen atoms in total. The SMILES string of the molecule is c1ccc(N(c2ccc(-c3ccc4ccccc4c3)cc2)c2ccc(-c3cc(N(c4ccccc4)c4ccccc4)c4ccccc4c3)cc2)cc1. The first kappa shape index (κ1) is 31.1. The van der Waals surface area contributed by atoms with Crippen LogP contribution in [0.4, 0.5) is 34.1 Å². The van der Waals surface area contributed by atoms with Crippen LogP contribution in [-0.4, -0.2) is 0 Å². The second kappa shape index (κ2) is 13.8. The molecule has 9 rings (SSSR count). The summed E-state index contributed by atoms with van der Waals surface area (Å²) in [5.74, 6) is 0. The molecule has 0 fully saturated rings. The number of rotatable bonds is 8. The second-order valence-electron chi connectivity index (χ2n) is 13.0. The molecule has 0 saturated carbocycles. The van der Waals surface area contributed by atoms with Crippen LogP contribution in [0.3, 0.4) is 0 Å². The van der Waals surface area contributed by atoms with Crippen molar-refractivity contribution in [3.63, 3.8) is 0 Å².